The number of nitrogens with two attached hydrogens (primary N) is 1. The maximum atomic E-state index is 12.1. The first-order valence-electron chi connectivity index (χ1n) is 7.47. The van der Waals surface area contributed by atoms with Crippen molar-refractivity contribution in [1.29, 1.82) is 0 Å². The molecule has 2 N–H and O–H groups in total. The van der Waals surface area contributed by atoms with E-state index in [0.29, 0.717) is 13.1 Å². The van der Waals surface area contributed by atoms with Crippen LogP contribution in [0.5, 0.6) is 0 Å². The third kappa shape index (κ3) is 3.98. The molecule has 1 aliphatic heterocycles. The summed E-state index contributed by atoms with van der Waals surface area (Å²) in [5.74, 6) is -0.107. The molecule has 0 radical (unpaired) electrons. The lowest BCUT2D eigenvalue weighted by Gasteiger charge is -2.26. The van der Waals surface area contributed by atoms with Crippen molar-refractivity contribution in [3.8, 4) is 0 Å². The van der Waals surface area contributed by atoms with Gasteiger partial charge in [-0.2, -0.15) is 0 Å². The Labute approximate surface area is 130 Å². The fourth-order valence-corrected chi connectivity index (χ4v) is 2.54. The third-order valence-electron chi connectivity index (χ3n) is 3.91. The van der Waals surface area contributed by atoms with Crippen LogP contribution < -0.4 is 5.73 Å². The van der Waals surface area contributed by atoms with E-state index in [1.807, 2.05) is 30.3 Å². The predicted molar refractivity (Wildman–Crippen MR) is 83.0 cm³/mol. The third-order valence-corrected chi connectivity index (χ3v) is 3.91. The number of carbonyl (C=O) groups is 2. The average molecular weight is 305 g/mol. The molecular weight excluding hydrogens is 282 g/mol. The zero-order valence-corrected chi connectivity index (χ0v) is 13.1. The first-order chi connectivity index (χ1) is 10.5. The average Bonchev–Trinajstić information content (AvgIpc) is 3.02. The topological polar surface area (TPSA) is 75.9 Å². The molecule has 1 saturated heterocycles. The number of hydrogen-bond donors (Lipinski definition) is 1. The van der Waals surface area contributed by atoms with E-state index in [2.05, 4.69) is 0 Å². The Balaban J connectivity index is 1.82. The molecule has 2 atom stereocenters. The van der Waals surface area contributed by atoms with Crippen LogP contribution in [0.3, 0.4) is 0 Å². The fraction of sp³-hybridized carbons (Fsp3) is 0.500. The van der Waals surface area contributed by atoms with Crippen molar-refractivity contribution >= 4 is 12.0 Å². The van der Waals surface area contributed by atoms with Gasteiger partial charge in [-0.15, -0.1) is 0 Å². The Bertz CT molecular complexity index is 519. The van der Waals surface area contributed by atoms with Gasteiger partial charge >= 0.3 is 6.09 Å². The number of likely N-dealkylation sites (N-methyl/N-ethyl adjacent to an activating group) is 1. The summed E-state index contributed by atoms with van der Waals surface area (Å²) < 4.78 is 5.31. The highest BCUT2D eigenvalue weighted by Crippen LogP contribution is 2.16. The predicted octanol–water partition coefficient (Wildman–Crippen LogP) is 1.20. The molecule has 1 heterocycles. The molecule has 1 aromatic rings. The number of ether oxygens (including phenoxy) is 1. The van der Waals surface area contributed by atoms with Crippen molar-refractivity contribution in [2.75, 3.05) is 20.1 Å². The molecule has 1 aromatic carbocycles. The number of benzene rings is 1. The molecular formula is C16H23N3O3. The minimum atomic E-state index is -0.524. The first-order valence-corrected chi connectivity index (χ1v) is 7.47. The second-order valence-corrected chi connectivity index (χ2v) is 5.67. The lowest BCUT2D eigenvalue weighted by Crippen LogP contribution is -2.46. The van der Waals surface area contributed by atoms with E-state index in [0.717, 1.165) is 12.0 Å². The Morgan fingerprint density at radius 2 is 2.09 bits per heavy atom. The molecule has 0 aliphatic carbocycles. The normalized spacial score (nSPS) is 18.9. The highest BCUT2D eigenvalue weighted by molar-refractivity contribution is 5.81. The van der Waals surface area contributed by atoms with Crippen molar-refractivity contribution in [1.82, 2.24) is 9.80 Å². The quantitative estimate of drug-likeness (QED) is 0.907. The highest BCUT2D eigenvalue weighted by Gasteiger charge is 2.32. The molecule has 6 nitrogen and oxygen atoms in total. The van der Waals surface area contributed by atoms with Crippen LogP contribution in [0.1, 0.15) is 18.9 Å². The van der Waals surface area contributed by atoms with Gasteiger partial charge in [-0.25, -0.2) is 4.79 Å². The van der Waals surface area contributed by atoms with Crippen LogP contribution in [-0.2, 0) is 16.1 Å². The summed E-state index contributed by atoms with van der Waals surface area (Å²) in [6, 6.07) is 9.03. The van der Waals surface area contributed by atoms with Gasteiger partial charge in [-0.05, 0) is 18.9 Å². The molecule has 120 valence electrons. The smallest absolute Gasteiger partial charge is 0.410 e. The van der Waals surface area contributed by atoms with Crippen LogP contribution in [0.4, 0.5) is 4.79 Å². The Kier molecular flexibility index (Phi) is 5.38. The van der Waals surface area contributed by atoms with E-state index < -0.39 is 6.04 Å². The van der Waals surface area contributed by atoms with Gasteiger partial charge in [0.15, 0.2) is 0 Å². The van der Waals surface area contributed by atoms with Crippen LogP contribution in [0.25, 0.3) is 0 Å². The molecule has 6 heteroatoms. The van der Waals surface area contributed by atoms with Crippen molar-refractivity contribution in [2.24, 2.45) is 5.73 Å². The fourth-order valence-electron chi connectivity index (χ4n) is 2.54. The second kappa shape index (κ2) is 7.26. The Morgan fingerprint density at radius 3 is 2.73 bits per heavy atom. The molecule has 0 saturated carbocycles. The summed E-state index contributed by atoms with van der Waals surface area (Å²) in [6.45, 7) is 3.01. The van der Waals surface area contributed by atoms with Gasteiger partial charge in [-0.3, -0.25) is 4.79 Å². The number of carbonyl (C=O) groups excluding carboxylic acids is 2. The highest BCUT2D eigenvalue weighted by atomic mass is 16.6. The minimum absolute atomic E-state index is 0.00257. The summed E-state index contributed by atoms with van der Waals surface area (Å²) >= 11 is 0. The molecule has 0 bridgehead atoms. The van der Waals surface area contributed by atoms with Crippen molar-refractivity contribution < 1.29 is 14.3 Å². The summed E-state index contributed by atoms with van der Waals surface area (Å²) in [4.78, 5) is 27.2. The number of amides is 2. The summed E-state index contributed by atoms with van der Waals surface area (Å²) in [5, 5.41) is 0. The molecule has 2 amide bonds. The van der Waals surface area contributed by atoms with Gasteiger partial charge < -0.3 is 20.3 Å². The standard InChI is InChI=1S/C16H23N3O3/c1-12(17)15(20)18(2)14-8-9-19(10-14)16(21)22-11-13-6-4-3-5-7-13/h3-7,12,14H,8-11,17H2,1-2H3/t12-,14?/m0/s1. The van der Waals surface area contributed by atoms with Gasteiger partial charge in [0.05, 0.1) is 12.1 Å². The molecule has 0 spiro atoms. The molecule has 22 heavy (non-hydrogen) atoms. The maximum absolute atomic E-state index is 12.1. The number of likely N-dealkylation sites (tertiary alicyclic amines) is 1. The van der Waals surface area contributed by atoms with Gasteiger partial charge in [-0.1, -0.05) is 30.3 Å². The van der Waals surface area contributed by atoms with Crippen LogP contribution in [0.2, 0.25) is 0 Å². The number of hydrogen-bond acceptors (Lipinski definition) is 4. The van der Waals surface area contributed by atoms with Gasteiger partial charge in [0.1, 0.15) is 6.61 Å². The summed E-state index contributed by atoms with van der Waals surface area (Å²) in [6.07, 6.45) is 0.406. The lowest BCUT2D eigenvalue weighted by molar-refractivity contribution is -0.132. The number of nitrogens with zero attached hydrogens (tertiary/aromatic N) is 2. The van der Waals surface area contributed by atoms with Gasteiger partial charge in [0.2, 0.25) is 5.91 Å². The Morgan fingerprint density at radius 1 is 1.41 bits per heavy atom. The van der Waals surface area contributed by atoms with Gasteiger partial charge in [0.25, 0.3) is 0 Å². The van der Waals surface area contributed by atoms with E-state index >= 15 is 0 Å². The zero-order chi connectivity index (χ0) is 16.1. The van der Waals surface area contributed by atoms with E-state index in [9.17, 15) is 9.59 Å². The molecule has 1 aliphatic rings. The van der Waals surface area contributed by atoms with E-state index in [1.165, 1.54) is 0 Å². The number of rotatable bonds is 4. The Hall–Kier alpha value is -2.08. The van der Waals surface area contributed by atoms with Crippen LogP contribution >= 0.6 is 0 Å². The van der Waals surface area contributed by atoms with Crippen molar-refractivity contribution in [3.63, 3.8) is 0 Å². The molecule has 2 rings (SSSR count). The minimum Gasteiger partial charge on any atom is -0.445 e. The van der Waals surface area contributed by atoms with Gasteiger partial charge in [0, 0.05) is 20.1 Å². The van der Waals surface area contributed by atoms with Crippen molar-refractivity contribution in [2.45, 2.75) is 32.0 Å². The van der Waals surface area contributed by atoms with Crippen LogP contribution in [0.15, 0.2) is 30.3 Å². The SMILES string of the molecule is C[C@H](N)C(=O)N(C)C1CCN(C(=O)OCc2ccccc2)C1. The maximum Gasteiger partial charge on any atom is 0.410 e. The molecule has 1 unspecified atom stereocenters. The molecule has 1 fully saturated rings. The van der Waals surface area contributed by atoms with E-state index in [-0.39, 0.29) is 24.6 Å². The van der Waals surface area contributed by atoms with E-state index in [4.69, 9.17) is 10.5 Å². The monoisotopic (exact) mass is 305 g/mol. The zero-order valence-electron chi connectivity index (χ0n) is 13.1. The first kappa shape index (κ1) is 16.3. The summed E-state index contributed by atoms with van der Waals surface area (Å²) in [5.41, 5.74) is 6.57. The van der Waals surface area contributed by atoms with Crippen LogP contribution in [-0.4, -0.2) is 54.0 Å². The summed E-state index contributed by atoms with van der Waals surface area (Å²) in [7, 11) is 1.73. The van der Waals surface area contributed by atoms with Crippen molar-refractivity contribution in [3.05, 3.63) is 35.9 Å². The second-order valence-electron chi connectivity index (χ2n) is 5.67. The molecule has 0 aromatic heterocycles. The van der Waals surface area contributed by atoms with E-state index in [1.54, 1.807) is 23.8 Å². The lowest BCUT2D eigenvalue weighted by atomic mass is 10.2. The van der Waals surface area contributed by atoms with Crippen LogP contribution in [0, 0.1) is 0 Å². The largest absolute Gasteiger partial charge is 0.445 e.